The molecule has 2 heterocycles. The molecule has 4 rings (SSSR count). The molecule has 0 aliphatic carbocycles. The monoisotopic (exact) mass is 404 g/mol. The van der Waals surface area contributed by atoms with Crippen LogP contribution in [-0.4, -0.2) is 33.8 Å². The maximum Gasteiger partial charge on any atom is 0.254 e. The first kappa shape index (κ1) is 19.6. The lowest BCUT2D eigenvalue weighted by atomic mass is 10.2. The number of hydrogen-bond donors (Lipinski definition) is 1. The number of benzene rings is 2. The number of pyridine rings is 1. The number of amides is 1. The van der Waals surface area contributed by atoms with Gasteiger partial charge in [-0.25, -0.2) is 9.07 Å². The zero-order valence-corrected chi connectivity index (χ0v) is 16.5. The van der Waals surface area contributed by atoms with Crippen LogP contribution in [0.4, 0.5) is 4.39 Å². The van der Waals surface area contributed by atoms with Crippen molar-refractivity contribution in [1.29, 1.82) is 0 Å². The van der Waals surface area contributed by atoms with Gasteiger partial charge in [0, 0.05) is 18.1 Å². The normalized spacial score (nSPS) is 10.9. The SMILES string of the molecule is Cc1c(C(=O)NCCCOc2cccc3cccnc23)cnn1-c1ccc(F)cc1. The maximum absolute atomic E-state index is 13.1. The summed E-state index contributed by atoms with van der Waals surface area (Å²) in [5, 5.41) is 8.17. The van der Waals surface area contributed by atoms with Crippen molar-refractivity contribution in [3.63, 3.8) is 0 Å². The highest BCUT2D eigenvalue weighted by Crippen LogP contribution is 2.23. The summed E-state index contributed by atoms with van der Waals surface area (Å²) in [6, 6.07) is 15.7. The van der Waals surface area contributed by atoms with Crippen molar-refractivity contribution in [1.82, 2.24) is 20.1 Å². The van der Waals surface area contributed by atoms with Crippen molar-refractivity contribution in [3.05, 3.63) is 84.1 Å². The van der Waals surface area contributed by atoms with Crippen LogP contribution in [0.2, 0.25) is 0 Å². The quantitative estimate of drug-likeness (QED) is 0.472. The standard InChI is InChI=1S/C23H21FN4O2/c1-16-20(15-27-28(16)19-10-8-18(24)9-11-19)23(29)26-13-4-14-30-21-7-2-5-17-6-3-12-25-22(17)21/h2-3,5-12,15H,4,13-14H2,1H3,(H,26,29). The highest BCUT2D eigenvalue weighted by molar-refractivity contribution is 5.95. The van der Waals surface area contributed by atoms with Crippen molar-refractivity contribution in [2.24, 2.45) is 0 Å². The number of carbonyl (C=O) groups excluding carboxylic acids is 1. The first-order valence-electron chi connectivity index (χ1n) is 9.69. The van der Waals surface area contributed by atoms with Crippen LogP contribution in [0.3, 0.4) is 0 Å². The van der Waals surface area contributed by atoms with Gasteiger partial charge in [0.25, 0.3) is 5.91 Å². The van der Waals surface area contributed by atoms with Crippen molar-refractivity contribution < 1.29 is 13.9 Å². The Labute approximate surface area is 173 Å². The zero-order valence-electron chi connectivity index (χ0n) is 16.5. The van der Waals surface area contributed by atoms with E-state index in [2.05, 4.69) is 15.4 Å². The van der Waals surface area contributed by atoms with Crippen molar-refractivity contribution in [2.45, 2.75) is 13.3 Å². The minimum Gasteiger partial charge on any atom is -0.491 e. The van der Waals surface area contributed by atoms with Gasteiger partial charge >= 0.3 is 0 Å². The van der Waals surface area contributed by atoms with Crippen LogP contribution >= 0.6 is 0 Å². The topological polar surface area (TPSA) is 69.0 Å². The molecule has 1 amide bonds. The molecule has 0 radical (unpaired) electrons. The van der Waals surface area contributed by atoms with E-state index in [-0.39, 0.29) is 11.7 Å². The molecule has 152 valence electrons. The van der Waals surface area contributed by atoms with Gasteiger partial charge in [-0.2, -0.15) is 5.10 Å². The molecule has 0 saturated heterocycles. The molecule has 2 aromatic carbocycles. The Kier molecular flexibility index (Phi) is 5.70. The summed E-state index contributed by atoms with van der Waals surface area (Å²) < 4.78 is 20.6. The Morgan fingerprint density at radius 1 is 1.13 bits per heavy atom. The van der Waals surface area contributed by atoms with E-state index in [4.69, 9.17) is 4.74 Å². The molecule has 0 fully saturated rings. The van der Waals surface area contributed by atoms with E-state index < -0.39 is 0 Å². The molecule has 1 N–H and O–H groups in total. The highest BCUT2D eigenvalue weighted by atomic mass is 19.1. The van der Waals surface area contributed by atoms with E-state index in [1.54, 1.807) is 23.0 Å². The average molecular weight is 404 g/mol. The van der Waals surface area contributed by atoms with E-state index in [0.29, 0.717) is 36.5 Å². The van der Waals surface area contributed by atoms with Gasteiger partial charge in [0.05, 0.1) is 29.7 Å². The van der Waals surface area contributed by atoms with E-state index in [9.17, 15) is 9.18 Å². The number of nitrogens with one attached hydrogen (secondary N) is 1. The predicted molar refractivity (Wildman–Crippen MR) is 112 cm³/mol. The molecule has 4 aromatic rings. The summed E-state index contributed by atoms with van der Waals surface area (Å²) >= 11 is 0. The van der Waals surface area contributed by atoms with Gasteiger partial charge in [-0.15, -0.1) is 0 Å². The van der Waals surface area contributed by atoms with Crippen LogP contribution in [0.5, 0.6) is 5.75 Å². The number of para-hydroxylation sites is 1. The molecule has 0 saturated carbocycles. The number of nitrogens with zero attached hydrogens (tertiary/aromatic N) is 3. The highest BCUT2D eigenvalue weighted by Gasteiger charge is 2.15. The van der Waals surface area contributed by atoms with Gasteiger partial charge < -0.3 is 10.1 Å². The Hall–Kier alpha value is -3.74. The third-order valence-corrected chi connectivity index (χ3v) is 4.79. The Balaban J connectivity index is 1.30. The molecule has 2 aromatic heterocycles. The lowest BCUT2D eigenvalue weighted by molar-refractivity contribution is 0.0951. The van der Waals surface area contributed by atoms with E-state index in [1.807, 2.05) is 37.3 Å². The summed E-state index contributed by atoms with van der Waals surface area (Å²) in [5.41, 5.74) is 2.70. The molecule has 0 aliphatic heterocycles. The largest absolute Gasteiger partial charge is 0.491 e. The fraction of sp³-hybridized carbons (Fsp3) is 0.174. The Morgan fingerprint density at radius 2 is 1.93 bits per heavy atom. The van der Waals surface area contributed by atoms with Crippen LogP contribution in [0.25, 0.3) is 16.6 Å². The first-order valence-corrected chi connectivity index (χ1v) is 9.69. The van der Waals surface area contributed by atoms with Crippen molar-refractivity contribution in [3.8, 4) is 11.4 Å². The number of fused-ring (bicyclic) bond motifs is 1. The third-order valence-electron chi connectivity index (χ3n) is 4.79. The molecule has 0 aliphatic rings. The number of ether oxygens (including phenoxy) is 1. The minimum atomic E-state index is -0.317. The van der Waals surface area contributed by atoms with E-state index in [1.165, 1.54) is 18.3 Å². The smallest absolute Gasteiger partial charge is 0.254 e. The number of aromatic nitrogens is 3. The van der Waals surface area contributed by atoms with Crippen LogP contribution in [0.1, 0.15) is 22.5 Å². The molecule has 30 heavy (non-hydrogen) atoms. The molecule has 0 bridgehead atoms. The second kappa shape index (κ2) is 8.73. The Morgan fingerprint density at radius 3 is 2.77 bits per heavy atom. The molecule has 0 unspecified atom stereocenters. The molecular weight excluding hydrogens is 383 g/mol. The lowest BCUT2D eigenvalue weighted by Gasteiger charge is -2.09. The van der Waals surface area contributed by atoms with Gasteiger partial charge in [0.2, 0.25) is 0 Å². The van der Waals surface area contributed by atoms with Gasteiger partial charge in [-0.05, 0) is 49.7 Å². The van der Waals surface area contributed by atoms with Gasteiger partial charge in [-0.3, -0.25) is 9.78 Å². The Bertz CT molecular complexity index is 1170. The van der Waals surface area contributed by atoms with Gasteiger partial charge in [0.15, 0.2) is 0 Å². The summed E-state index contributed by atoms with van der Waals surface area (Å²) in [6.45, 7) is 2.74. The van der Waals surface area contributed by atoms with Crippen LogP contribution in [0, 0.1) is 12.7 Å². The molecule has 7 heteroatoms. The molecule has 0 atom stereocenters. The summed E-state index contributed by atoms with van der Waals surface area (Å²) in [6.07, 6.45) is 3.91. The summed E-state index contributed by atoms with van der Waals surface area (Å²) in [5.74, 6) is 0.214. The lowest BCUT2D eigenvalue weighted by Crippen LogP contribution is -2.26. The van der Waals surface area contributed by atoms with Crippen molar-refractivity contribution in [2.75, 3.05) is 13.2 Å². The van der Waals surface area contributed by atoms with E-state index in [0.717, 1.165) is 16.7 Å². The second-order valence-electron chi connectivity index (χ2n) is 6.82. The first-order chi connectivity index (χ1) is 14.6. The summed E-state index contributed by atoms with van der Waals surface area (Å²) in [4.78, 5) is 16.9. The molecule has 6 nitrogen and oxygen atoms in total. The molecule has 0 spiro atoms. The summed E-state index contributed by atoms with van der Waals surface area (Å²) in [7, 11) is 0. The fourth-order valence-electron chi connectivity index (χ4n) is 3.22. The van der Waals surface area contributed by atoms with Crippen LogP contribution in [-0.2, 0) is 0 Å². The van der Waals surface area contributed by atoms with Gasteiger partial charge in [-0.1, -0.05) is 18.2 Å². The number of carbonyl (C=O) groups is 1. The average Bonchev–Trinajstić information content (AvgIpc) is 3.15. The number of rotatable bonds is 7. The molecular formula is C23H21FN4O2. The minimum absolute atomic E-state index is 0.201. The predicted octanol–water partition coefficient (Wildman–Crippen LogP) is 4.07. The second-order valence-corrected chi connectivity index (χ2v) is 6.82. The maximum atomic E-state index is 13.1. The number of halogens is 1. The fourth-order valence-corrected chi connectivity index (χ4v) is 3.22. The van der Waals surface area contributed by atoms with Crippen LogP contribution < -0.4 is 10.1 Å². The van der Waals surface area contributed by atoms with E-state index >= 15 is 0 Å². The van der Waals surface area contributed by atoms with Crippen LogP contribution in [0.15, 0.2) is 67.0 Å². The van der Waals surface area contributed by atoms with Gasteiger partial charge in [0.1, 0.15) is 17.1 Å². The third kappa shape index (κ3) is 4.15. The zero-order chi connectivity index (χ0) is 20.9. The number of hydrogen-bond acceptors (Lipinski definition) is 4. The van der Waals surface area contributed by atoms with Crippen molar-refractivity contribution >= 4 is 16.8 Å².